The Balaban J connectivity index is 2.38. The molecule has 0 aromatic carbocycles. The molecule has 5 heteroatoms. The monoisotopic (exact) mass is 185 g/mol. The summed E-state index contributed by atoms with van der Waals surface area (Å²) >= 11 is 4.06. The topological polar surface area (TPSA) is 50.1 Å². The van der Waals surface area contributed by atoms with Crippen LogP contribution in [0.15, 0.2) is 6.20 Å². The quantitative estimate of drug-likeness (QED) is 0.489. The minimum absolute atomic E-state index is 0.490. The second-order valence-corrected chi connectivity index (χ2v) is 3.34. The minimum Gasteiger partial charge on any atom is -0.385 e. The van der Waals surface area contributed by atoms with Gasteiger partial charge in [-0.3, -0.25) is 0 Å². The van der Waals surface area contributed by atoms with Crippen LogP contribution in [-0.4, -0.2) is 27.4 Å². The molecule has 0 bridgehead atoms. The van der Waals surface area contributed by atoms with Crippen molar-refractivity contribution in [2.24, 2.45) is 0 Å². The fourth-order valence-electron chi connectivity index (χ4n) is 1.44. The van der Waals surface area contributed by atoms with Gasteiger partial charge < -0.3 is 10.4 Å². The van der Waals surface area contributed by atoms with Crippen molar-refractivity contribution in [3.8, 4) is 0 Å². The lowest BCUT2D eigenvalue weighted by Gasteiger charge is -2.04. The molecule has 4 nitrogen and oxygen atoms in total. The molecule has 1 aliphatic rings. The van der Waals surface area contributed by atoms with Gasteiger partial charge in [-0.1, -0.05) is 0 Å². The van der Waals surface area contributed by atoms with Gasteiger partial charge in [0.1, 0.15) is 6.10 Å². The third kappa shape index (κ3) is 1.35. The molecular formula is C7H11N3OS. The van der Waals surface area contributed by atoms with Gasteiger partial charge in [-0.15, -0.1) is 0 Å². The molecule has 1 unspecified atom stereocenters. The molecule has 2 rings (SSSR count). The van der Waals surface area contributed by atoms with Crippen LogP contribution in [0.5, 0.6) is 0 Å². The van der Waals surface area contributed by atoms with Crippen LogP contribution in [0.4, 0.5) is 0 Å². The van der Waals surface area contributed by atoms with E-state index < -0.39 is 6.10 Å². The van der Waals surface area contributed by atoms with Gasteiger partial charge in [0.05, 0.1) is 5.69 Å². The molecular weight excluding hydrogens is 174 g/mol. The predicted molar refractivity (Wildman–Crippen MR) is 48.1 cm³/mol. The average molecular weight is 185 g/mol. The zero-order valence-electron chi connectivity index (χ0n) is 6.56. The number of hydrogen-bond donors (Lipinski definition) is 3. The Kier molecular flexibility index (Phi) is 2.08. The molecule has 0 fully saturated rings. The molecule has 66 valence electrons. The first-order valence-corrected chi connectivity index (χ1v) is 4.34. The van der Waals surface area contributed by atoms with Gasteiger partial charge >= 0.3 is 0 Å². The molecule has 0 radical (unpaired) electrons. The van der Waals surface area contributed by atoms with Crippen LogP contribution in [0.25, 0.3) is 0 Å². The summed E-state index contributed by atoms with van der Waals surface area (Å²) in [7, 11) is 0. The predicted octanol–water partition coefficient (Wildman–Crippen LogP) is -0.245. The lowest BCUT2D eigenvalue weighted by Crippen LogP contribution is -2.20. The first-order chi connectivity index (χ1) is 5.77. The van der Waals surface area contributed by atoms with Crippen molar-refractivity contribution in [1.29, 1.82) is 0 Å². The standard InChI is InChI=1S/C7H11N3OS/c11-6-3-8-2-1-5-4-10(12)9-7(5)6/h4,6,8,11-12H,1-3H2. The molecule has 2 N–H and O–H groups in total. The lowest BCUT2D eigenvalue weighted by atomic mass is 10.1. The number of thiol groups is 1. The van der Waals surface area contributed by atoms with Crippen LogP contribution in [0.3, 0.4) is 0 Å². The first-order valence-electron chi connectivity index (χ1n) is 3.94. The Bertz CT molecular complexity index is 286. The second-order valence-electron chi connectivity index (χ2n) is 2.93. The SMILES string of the molecule is OC1CNCCc2cn(S)nc21. The summed E-state index contributed by atoms with van der Waals surface area (Å²) in [6.07, 6.45) is 2.26. The van der Waals surface area contributed by atoms with Gasteiger partial charge in [0.15, 0.2) is 0 Å². The number of β-amino-alcohol motifs (C(OH)–C–C–N with tert-alkyl or cyclic N) is 1. The van der Waals surface area contributed by atoms with E-state index in [0.29, 0.717) is 6.54 Å². The zero-order chi connectivity index (χ0) is 8.55. The van der Waals surface area contributed by atoms with Crippen molar-refractivity contribution in [2.45, 2.75) is 12.5 Å². The van der Waals surface area contributed by atoms with Gasteiger partial charge in [0.25, 0.3) is 0 Å². The Morgan fingerprint density at radius 2 is 2.58 bits per heavy atom. The van der Waals surface area contributed by atoms with Gasteiger partial charge in [0.2, 0.25) is 0 Å². The molecule has 1 aromatic rings. The lowest BCUT2D eigenvalue weighted by molar-refractivity contribution is 0.173. The Labute approximate surface area is 76.1 Å². The third-order valence-electron chi connectivity index (χ3n) is 2.03. The Morgan fingerprint density at radius 1 is 1.75 bits per heavy atom. The molecule has 1 aliphatic heterocycles. The number of aliphatic hydroxyl groups excluding tert-OH is 1. The minimum atomic E-state index is -0.490. The van der Waals surface area contributed by atoms with Crippen LogP contribution in [0.2, 0.25) is 0 Å². The van der Waals surface area contributed by atoms with Crippen molar-refractivity contribution < 1.29 is 5.11 Å². The summed E-state index contributed by atoms with van der Waals surface area (Å²) in [4.78, 5) is 0. The van der Waals surface area contributed by atoms with E-state index in [9.17, 15) is 5.11 Å². The Morgan fingerprint density at radius 3 is 3.42 bits per heavy atom. The van der Waals surface area contributed by atoms with Crippen LogP contribution in [-0.2, 0) is 6.42 Å². The smallest absolute Gasteiger partial charge is 0.110 e. The Hall–Kier alpha value is -0.520. The number of aromatic nitrogens is 2. The van der Waals surface area contributed by atoms with Gasteiger partial charge in [-0.2, -0.15) is 5.10 Å². The van der Waals surface area contributed by atoms with E-state index in [1.807, 2.05) is 6.20 Å². The van der Waals surface area contributed by atoms with Gasteiger partial charge in [-0.25, -0.2) is 4.09 Å². The fraction of sp³-hybridized carbons (Fsp3) is 0.571. The highest BCUT2D eigenvalue weighted by atomic mass is 32.1. The maximum absolute atomic E-state index is 9.58. The second kappa shape index (κ2) is 3.08. The normalized spacial score (nSPS) is 23.3. The number of aliphatic hydroxyl groups is 1. The van der Waals surface area contributed by atoms with Crippen LogP contribution in [0.1, 0.15) is 17.4 Å². The largest absolute Gasteiger partial charge is 0.385 e. The maximum Gasteiger partial charge on any atom is 0.110 e. The summed E-state index contributed by atoms with van der Waals surface area (Å²) in [6.45, 7) is 1.47. The number of fused-ring (bicyclic) bond motifs is 1. The summed E-state index contributed by atoms with van der Waals surface area (Å²) < 4.78 is 1.46. The number of hydrogen-bond acceptors (Lipinski definition) is 4. The molecule has 0 saturated heterocycles. The number of rotatable bonds is 0. The molecule has 2 heterocycles. The van der Waals surface area contributed by atoms with Crippen LogP contribution >= 0.6 is 12.8 Å². The molecule has 12 heavy (non-hydrogen) atoms. The summed E-state index contributed by atoms with van der Waals surface area (Å²) in [5.74, 6) is 0. The highest BCUT2D eigenvalue weighted by Crippen LogP contribution is 2.18. The average Bonchev–Trinajstić information content (AvgIpc) is 2.33. The number of nitrogens with zero attached hydrogens (tertiary/aromatic N) is 2. The highest BCUT2D eigenvalue weighted by Gasteiger charge is 2.19. The zero-order valence-corrected chi connectivity index (χ0v) is 7.46. The van der Waals surface area contributed by atoms with Crippen LogP contribution in [0, 0.1) is 0 Å². The van der Waals surface area contributed by atoms with Crippen molar-refractivity contribution in [3.63, 3.8) is 0 Å². The summed E-state index contributed by atoms with van der Waals surface area (Å²) in [5, 5.41) is 16.8. The van der Waals surface area contributed by atoms with E-state index in [1.165, 1.54) is 4.09 Å². The van der Waals surface area contributed by atoms with Crippen molar-refractivity contribution in [3.05, 3.63) is 17.5 Å². The van der Waals surface area contributed by atoms with E-state index in [0.717, 1.165) is 24.2 Å². The number of nitrogens with one attached hydrogen (secondary N) is 1. The van der Waals surface area contributed by atoms with Crippen molar-refractivity contribution in [1.82, 2.24) is 14.5 Å². The van der Waals surface area contributed by atoms with E-state index >= 15 is 0 Å². The van der Waals surface area contributed by atoms with Crippen molar-refractivity contribution >= 4 is 12.8 Å². The summed E-state index contributed by atoms with van der Waals surface area (Å²) in [6, 6.07) is 0. The van der Waals surface area contributed by atoms with E-state index in [2.05, 4.69) is 23.2 Å². The first kappa shape index (κ1) is 8.10. The highest BCUT2D eigenvalue weighted by molar-refractivity contribution is 7.78. The fourth-order valence-corrected chi connectivity index (χ4v) is 1.68. The maximum atomic E-state index is 9.58. The molecule has 0 aliphatic carbocycles. The van der Waals surface area contributed by atoms with E-state index in [1.54, 1.807) is 0 Å². The molecule has 1 aromatic heterocycles. The van der Waals surface area contributed by atoms with Gasteiger partial charge in [0, 0.05) is 12.7 Å². The van der Waals surface area contributed by atoms with E-state index in [4.69, 9.17) is 0 Å². The molecule has 0 amide bonds. The molecule has 0 spiro atoms. The van der Waals surface area contributed by atoms with Crippen LogP contribution < -0.4 is 5.32 Å². The molecule has 0 saturated carbocycles. The van der Waals surface area contributed by atoms with E-state index in [-0.39, 0.29) is 0 Å². The van der Waals surface area contributed by atoms with Gasteiger partial charge in [-0.05, 0) is 31.3 Å². The summed E-state index contributed by atoms with van der Waals surface area (Å²) in [5.41, 5.74) is 1.84. The van der Waals surface area contributed by atoms with Crippen molar-refractivity contribution in [2.75, 3.05) is 13.1 Å². The third-order valence-corrected chi connectivity index (χ3v) is 2.24. The molecule has 1 atom stereocenters.